The van der Waals surface area contributed by atoms with Crippen LogP contribution in [-0.4, -0.2) is 37.0 Å². The van der Waals surface area contributed by atoms with Gasteiger partial charge in [-0.1, -0.05) is 36.4 Å². The van der Waals surface area contributed by atoms with Gasteiger partial charge in [0.1, 0.15) is 16.7 Å². The van der Waals surface area contributed by atoms with Gasteiger partial charge in [0.2, 0.25) is 10.0 Å². The Morgan fingerprint density at radius 3 is 2.57 bits per heavy atom. The molecule has 1 saturated heterocycles. The summed E-state index contributed by atoms with van der Waals surface area (Å²) in [7, 11) is -3.78. The van der Waals surface area contributed by atoms with Gasteiger partial charge in [0.15, 0.2) is 0 Å². The highest BCUT2D eigenvalue weighted by molar-refractivity contribution is 7.90. The Kier molecular flexibility index (Phi) is 6.47. The van der Waals surface area contributed by atoms with Gasteiger partial charge >= 0.3 is 0 Å². The molecule has 8 heteroatoms. The van der Waals surface area contributed by atoms with Crippen LogP contribution in [0.5, 0.6) is 0 Å². The third kappa shape index (κ3) is 4.99. The molecule has 2 N–H and O–H groups in total. The number of nitrogens with zero attached hydrogens (tertiary/aromatic N) is 1. The number of benzene rings is 2. The Morgan fingerprint density at radius 1 is 1.23 bits per heavy atom. The molecule has 30 heavy (non-hydrogen) atoms. The Bertz CT molecular complexity index is 1020. The van der Waals surface area contributed by atoms with Crippen LogP contribution in [0.15, 0.2) is 53.5 Å². The molecule has 0 amide bonds. The van der Waals surface area contributed by atoms with Crippen molar-refractivity contribution in [1.29, 1.82) is 0 Å². The third-order valence-electron chi connectivity index (χ3n) is 5.28. The minimum Gasteiger partial charge on any atom is -0.457 e. The zero-order valence-corrected chi connectivity index (χ0v) is 18.1. The normalized spacial score (nSPS) is 22.2. The maximum absolute atomic E-state index is 13.8. The molecule has 2 atom stereocenters. The molecular formula is C22H27FN2O4S. The zero-order valence-electron chi connectivity index (χ0n) is 17.3. The number of ether oxygens (including phenoxy) is 1. The molecule has 0 radical (unpaired) electrons. The van der Waals surface area contributed by atoms with Gasteiger partial charge in [0.25, 0.3) is 6.02 Å². The lowest BCUT2D eigenvalue weighted by atomic mass is 9.97. The van der Waals surface area contributed by atoms with Crippen molar-refractivity contribution in [1.82, 2.24) is 4.72 Å². The fraction of sp³-hybridized carbons (Fsp3) is 0.409. The number of amidine groups is 1. The van der Waals surface area contributed by atoms with Gasteiger partial charge in [-0.25, -0.2) is 22.5 Å². The van der Waals surface area contributed by atoms with E-state index >= 15 is 0 Å². The molecule has 2 aromatic carbocycles. The van der Waals surface area contributed by atoms with E-state index in [1.165, 1.54) is 12.1 Å². The van der Waals surface area contributed by atoms with Gasteiger partial charge in [-0.15, -0.1) is 0 Å². The summed E-state index contributed by atoms with van der Waals surface area (Å²) in [4.78, 5) is 4.41. The molecule has 2 unspecified atom stereocenters. The summed E-state index contributed by atoms with van der Waals surface area (Å²) < 4.78 is 48.2. The second kappa shape index (κ2) is 8.73. The van der Waals surface area contributed by atoms with Crippen molar-refractivity contribution in [3.05, 3.63) is 71.0 Å². The Labute approximate surface area is 176 Å². The number of halogens is 1. The molecule has 0 bridgehead atoms. The number of nitrogens with one attached hydrogen (secondary N) is 1. The summed E-state index contributed by atoms with van der Waals surface area (Å²) in [5, 5.41) is 8.64. The van der Waals surface area contributed by atoms with E-state index in [-0.39, 0.29) is 19.0 Å². The van der Waals surface area contributed by atoms with Crippen molar-refractivity contribution in [2.75, 3.05) is 6.61 Å². The third-order valence-corrected chi connectivity index (χ3v) is 7.22. The number of aliphatic hydroxyl groups excluding tert-OH is 1. The fourth-order valence-electron chi connectivity index (χ4n) is 3.66. The van der Waals surface area contributed by atoms with Crippen LogP contribution in [0.1, 0.15) is 43.0 Å². The molecule has 1 fully saturated rings. The number of aliphatic hydroxyl groups is 1. The second-order valence-electron chi connectivity index (χ2n) is 7.99. The Morgan fingerprint density at radius 2 is 1.93 bits per heavy atom. The molecule has 162 valence electrons. The van der Waals surface area contributed by atoms with Crippen molar-refractivity contribution in [2.45, 2.75) is 50.5 Å². The highest BCUT2D eigenvalue weighted by atomic mass is 32.2. The predicted octanol–water partition coefficient (Wildman–Crippen LogP) is 3.25. The van der Waals surface area contributed by atoms with Crippen molar-refractivity contribution < 1.29 is 22.7 Å². The topological polar surface area (TPSA) is 88.0 Å². The van der Waals surface area contributed by atoms with E-state index in [1.54, 1.807) is 19.9 Å². The molecule has 0 aromatic heterocycles. The van der Waals surface area contributed by atoms with E-state index in [1.807, 2.05) is 37.3 Å². The number of sulfonamides is 1. The van der Waals surface area contributed by atoms with Crippen LogP contribution in [0, 0.1) is 12.7 Å². The van der Waals surface area contributed by atoms with Crippen molar-refractivity contribution in [3.8, 4) is 0 Å². The van der Waals surface area contributed by atoms with Crippen molar-refractivity contribution in [3.63, 3.8) is 0 Å². The summed E-state index contributed by atoms with van der Waals surface area (Å²) in [5.74, 6) is -0.424. The SMILES string of the molecule is Cc1ccc(F)cc1C(CCO)N=C1NS(=O)(=O)C(Cc2ccccc2)C(C)(C)O1. The van der Waals surface area contributed by atoms with E-state index in [2.05, 4.69) is 9.71 Å². The first-order valence-electron chi connectivity index (χ1n) is 9.81. The average molecular weight is 435 g/mol. The van der Waals surface area contributed by atoms with Gasteiger partial charge in [-0.05, 0) is 62.4 Å². The smallest absolute Gasteiger partial charge is 0.299 e. The zero-order chi connectivity index (χ0) is 21.9. The number of aliphatic imine (C=N–C) groups is 1. The Balaban J connectivity index is 1.92. The summed E-state index contributed by atoms with van der Waals surface area (Å²) >= 11 is 0. The van der Waals surface area contributed by atoms with E-state index < -0.39 is 32.7 Å². The van der Waals surface area contributed by atoms with Crippen LogP contribution in [0.2, 0.25) is 0 Å². The highest BCUT2D eigenvalue weighted by Crippen LogP contribution is 2.31. The van der Waals surface area contributed by atoms with Crippen LogP contribution in [0.3, 0.4) is 0 Å². The summed E-state index contributed by atoms with van der Waals surface area (Å²) in [5.41, 5.74) is 1.21. The molecule has 3 rings (SSSR count). The lowest BCUT2D eigenvalue weighted by molar-refractivity contribution is 0.0759. The molecule has 1 aliphatic rings. The lowest BCUT2D eigenvalue weighted by Crippen LogP contribution is -2.59. The molecule has 0 aliphatic carbocycles. The summed E-state index contributed by atoms with van der Waals surface area (Å²) in [6.45, 7) is 5.04. The van der Waals surface area contributed by atoms with Crippen LogP contribution < -0.4 is 4.72 Å². The van der Waals surface area contributed by atoms with Crippen LogP contribution >= 0.6 is 0 Å². The number of hydrogen-bond donors (Lipinski definition) is 2. The maximum atomic E-state index is 13.8. The van der Waals surface area contributed by atoms with E-state index in [9.17, 15) is 17.9 Å². The van der Waals surface area contributed by atoms with Crippen LogP contribution in [0.4, 0.5) is 4.39 Å². The van der Waals surface area contributed by atoms with Crippen molar-refractivity contribution >= 4 is 16.0 Å². The van der Waals surface area contributed by atoms with E-state index in [4.69, 9.17) is 4.74 Å². The Hall–Kier alpha value is -2.45. The largest absolute Gasteiger partial charge is 0.457 e. The van der Waals surface area contributed by atoms with Gasteiger partial charge in [0, 0.05) is 6.61 Å². The van der Waals surface area contributed by atoms with E-state index in [0.29, 0.717) is 12.0 Å². The number of hydrogen-bond acceptors (Lipinski definition) is 5. The highest BCUT2D eigenvalue weighted by Gasteiger charge is 2.47. The van der Waals surface area contributed by atoms with E-state index in [0.717, 1.165) is 11.1 Å². The standard InChI is InChI=1S/C22H27FN2O4S/c1-15-9-10-17(23)14-18(15)19(11-12-26)24-21-25-30(27,28)20(22(2,3)29-21)13-16-7-5-4-6-8-16/h4-10,14,19-20,26H,11-13H2,1-3H3,(H,24,25). The van der Waals surface area contributed by atoms with Crippen LogP contribution in [0.25, 0.3) is 0 Å². The molecule has 0 saturated carbocycles. The van der Waals surface area contributed by atoms with Crippen molar-refractivity contribution in [2.24, 2.45) is 4.99 Å². The van der Waals surface area contributed by atoms with Gasteiger partial charge in [0.05, 0.1) is 6.04 Å². The predicted molar refractivity (Wildman–Crippen MR) is 114 cm³/mol. The molecule has 1 heterocycles. The quantitative estimate of drug-likeness (QED) is 0.731. The molecule has 6 nitrogen and oxygen atoms in total. The first kappa shape index (κ1) is 22.2. The molecule has 2 aromatic rings. The van der Waals surface area contributed by atoms with Crippen LogP contribution in [-0.2, 0) is 21.2 Å². The molecular weight excluding hydrogens is 407 g/mol. The monoisotopic (exact) mass is 434 g/mol. The van der Waals surface area contributed by atoms with Gasteiger partial charge in [-0.2, -0.15) is 0 Å². The first-order chi connectivity index (χ1) is 14.1. The average Bonchev–Trinajstić information content (AvgIpc) is 2.66. The van der Waals surface area contributed by atoms with Gasteiger partial charge in [-0.3, -0.25) is 0 Å². The molecule has 1 aliphatic heterocycles. The number of rotatable bonds is 6. The maximum Gasteiger partial charge on any atom is 0.299 e. The fourth-order valence-corrected chi connectivity index (χ4v) is 5.35. The second-order valence-corrected chi connectivity index (χ2v) is 9.86. The molecule has 0 spiro atoms. The summed E-state index contributed by atoms with van der Waals surface area (Å²) in [6.07, 6.45) is 0.492. The number of aryl methyl sites for hydroxylation is 1. The lowest BCUT2D eigenvalue weighted by Gasteiger charge is -2.39. The minimum atomic E-state index is -3.78. The minimum absolute atomic E-state index is 0.147. The summed E-state index contributed by atoms with van der Waals surface area (Å²) in [6, 6.07) is 12.9. The van der Waals surface area contributed by atoms with Gasteiger partial charge < -0.3 is 9.84 Å². The first-order valence-corrected chi connectivity index (χ1v) is 11.4.